The normalized spacial score (nSPS) is 11.4. The van der Waals surface area contributed by atoms with Crippen LogP contribution in [0.5, 0.6) is 0 Å². The van der Waals surface area contributed by atoms with Crippen LogP contribution in [-0.4, -0.2) is 35.8 Å². The number of rotatable bonds is 7. The molecule has 0 aromatic heterocycles. The van der Waals surface area contributed by atoms with Crippen LogP contribution in [0.15, 0.2) is 60.7 Å². The number of alkyl halides is 1. The summed E-state index contributed by atoms with van der Waals surface area (Å²) in [7, 11) is 0. The van der Waals surface area contributed by atoms with Gasteiger partial charge in [0.15, 0.2) is 11.9 Å². The summed E-state index contributed by atoms with van der Waals surface area (Å²) in [6, 6.07) is 16.7. The number of carbonyl (C=O) groups is 3. The van der Waals surface area contributed by atoms with Crippen molar-refractivity contribution in [1.29, 1.82) is 0 Å². The van der Waals surface area contributed by atoms with E-state index in [9.17, 15) is 14.4 Å². The minimum absolute atomic E-state index is 0.0113. The Kier molecular flexibility index (Phi) is 6.69. The van der Waals surface area contributed by atoms with Crippen molar-refractivity contribution in [3.63, 3.8) is 0 Å². The van der Waals surface area contributed by atoms with E-state index in [1.54, 1.807) is 60.7 Å². The summed E-state index contributed by atoms with van der Waals surface area (Å²) in [5.74, 6) is -1.62. The highest BCUT2D eigenvalue weighted by Gasteiger charge is 2.24. The fraction of sp³-hybridized carbons (Fsp3) is 0.167. The summed E-state index contributed by atoms with van der Waals surface area (Å²) >= 11 is 3.03. The first-order chi connectivity index (χ1) is 11.6. The number of carbonyl (C=O) groups excluding carboxylic acids is 3. The third kappa shape index (κ3) is 5.03. The zero-order valence-electron chi connectivity index (χ0n) is 12.7. The van der Waals surface area contributed by atoms with E-state index in [-0.39, 0.29) is 17.7 Å². The highest BCUT2D eigenvalue weighted by Crippen LogP contribution is 2.08. The lowest BCUT2D eigenvalue weighted by atomic mass is 10.2. The molecule has 0 heterocycles. The molecule has 0 N–H and O–H groups in total. The van der Waals surface area contributed by atoms with Crippen molar-refractivity contribution in [2.24, 2.45) is 0 Å². The Bertz CT molecular complexity index is 700. The topological polar surface area (TPSA) is 69.7 Å². The predicted molar refractivity (Wildman–Crippen MR) is 91.2 cm³/mol. The van der Waals surface area contributed by atoms with E-state index >= 15 is 0 Å². The van der Waals surface area contributed by atoms with E-state index in [4.69, 9.17) is 9.47 Å². The molecule has 2 aromatic carbocycles. The molecule has 0 saturated carbocycles. The molecule has 1 atom stereocenters. The SMILES string of the molecule is O=C(OC[C@H](OC(=O)c1ccccc1)C(=O)CBr)c1ccccc1. The molecule has 6 heteroatoms. The molecular weight excluding hydrogens is 376 g/mol. The fourth-order valence-corrected chi connectivity index (χ4v) is 2.22. The molecule has 0 aliphatic rings. The number of halogens is 1. The van der Waals surface area contributed by atoms with Gasteiger partial charge in [0.25, 0.3) is 0 Å². The number of Topliss-reactive ketones (excluding diaryl/α,β-unsaturated/α-hetero) is 1. The molecule has 0 unspecified atom stereocenters. The lowest BCUT2D eigenvalue weighted by Gasteiger charge is -2.16. The molecule has 5 nitrogen and oxygen atoms in total. The van der Waals surface area contributed by atoms with Gasteiger partial charge in [-0.15, -0.1) is 0 Å². The molecule has 124 valence electrons. The highest BCUT2D eigenvalue weighted by atomic mass is 79.9. The van der Waals surface area contributed by atoms with Gasteiger partial charge in [-0.1, -0.05) is 52.3 Å². The average Bonchev–Trinajstić information content (AvgIpc) is 2.65. The number of hydrogen-bond donors (Lipinski definition) is 0. The van der Waals surface area contributed by atoms with E-state index in [2.05, 4.69) is 15.9 Å². The minimum Gasteiger partial charge on any atom is -0.458 e. The Labute approximate surface area is 147 Å². The summed E-state index contributed by atoms with van der Waals surface area (Å²) in [4.78, 5) is 35.9. The van der Waals surface area contributed by atoms with Crippen molar-refractivity contribution in [1.82, 2.24) is 0 Å². The highest BCUT2D eigenvalue weighted by molar-refractivity contribution is 9.09. The van der Waals surface area contributed by atoms with Crippen molar-refractivity contribution >= 4 is 33.7 Å². The van der Waals surface area contributed by atoms with E-state index in [0.717, 1.165) is 0 Å². The molecular formula is C18H15BrO5. The third-order valence-electron chi connectivity index (χ3n) is 3.12. The molecule has 2 rings (SSSR count). The first-order valence-electron chi connectivity index (χ1n) is 7.18. The molecule has 0 aliphatic carbocycles. The third-order valence-corrected chi connectivity index (χ3v) is 3.68. The smallest absolute Gasteiger partial charge is 0.338 e. The van der Waals surface area contributed by atoms with Crippen LogP contribution in [0, 0.1) is 0 Å². The molecule has 0 saturated heterocycles. The molecule has 0 fully saturated rings. The van der Waals surface area contributed by atoms with Crippen LogP contribution in [0.2, 0.25) is 0 Å². The van der Waals surface area contributed by atoms with Crippen molar-refractivity contribution in [2.75, 3.05) is 11.9 Å². The quantitative estimate of drug-likeness (QED) is 0.536. The van der Waals surface area contributed by atoms with Crippen molar-refractivity contribution in [3.8, 4) is 0 Å². The maximum atomic E-state index is 12.1. The van der Waals surface area contributed by atoms with Gasteiger partial charge in [-0.2, -0.15) is 0 Å². The number of ether oxygens (including phenoxy) is 2. The van der Waals surface area contributed by atoms with Gasteiger partial charge in [-0.25, -0.2) is 9.59 Å². The van der Waals surface area contributed by atoms with Gasteiger partial charge < -0.3 is 9.47 Å². The van der Waals surface area contributed by atoms with Gasteiger partial charge in [-0.3, -0.25) is 4.79 Å². The Hall–Kier alpha value is -2.47. The molecule has 0 aliphatic heterocycles. The largest absolute Gasteiger partial charge is 0.458 e. The van der Waals surface area contributed by atoms with E-state index in [1.807, 2.05) is 0 Å². The van der Waals surface area contributed by atoms with Gasteiger partial charge in [0.05, 0.1) is 16.5 Å². The number of esters is 2. The Morgan fingerprint density at radius 1 is 0.833 bits per heavy atom. The van der Waals surface area contributed by atoms with Gasteiger partial charge in [0.1, 0.15) is 6.61 Å². The lowest BCUT2D eigenvalue weighted by molar-refractivity contribution is -0.127. The van der Waals surface area contributed by atoms with E-state index in [0.29, 0.717) is 11.1 Å². The van der Waals surface area contributed by atoms with Crippen LogP contribution in [0.3, 0.4) is 0 Å². The van der Waals surface area contributed by atoms with Gasteiger partial charge in [0.2, 0.25) is 0 Å². The summed E-state index contributed by atoms with van der Waals surface area (Å²) in [6.45, 7) is -0.337. The zero-order chi connectivity index (χ0) is 17.4. The number of hydrogen-bond acceptors (Lipinski definition) is 5. The summed E-state index contributed by atoms with van der Waals surface area (Å²) in [5.41, 5.74) is 0.677. The van der Waals surface area contributed by atoms with E-state index in [1.165, 1.54) is 0 Å². The maximum absolute atomic E-state index is 12.1. The van der Waals surface area contributed by atoms with Crippen LogP contribution in [0.4, 0.5) is 0 Å². The summed E-state index contributed by atoms with van der Waals surface area (Å²) < 4.78 is 10.3. The van der Waals surface area contributed by atoms with Crippen LogP contribution in [0.1, 0.15) is 20.7 Å². The molecule has 2 aromatic rings. The van der Waals surface area contributed by atoms with Crippen molar-refractivity contribution in [2.45, 2.75) is 6.10 Å². The second-order valence-electron chi connectivity index (χ2n) is 4.82. The molecule has 0 spiro atoms. The van der Waals surface area contributed by atoms with Crippen LogP contribution < -0.4 is 0 Å². The fourth-order valence-electron chi connectivity index (χ4n) is 1.86. The zero-order valence-corrected chi connectivity index (χ0v) is 14.3. The van der Waals surface area contributed by atoms with Crippen molar-refractivity contribution < 1.29 is 23.9 Å². The van der Waals surface area contributed by atoms with Gasteiger partial charge in [-0.05, 0) is 24.3 Å². The standard InChI is InChI=1S/C18H15BrO5/c19-11-15(20)16(24-18(22)14-9-5-2-6-10-14)12-23-17(21)13-7-3-1-4-8-13/h1-10,16H,11-12H2/t16-/m0/s1. The van der Waals surface area contributed by atoms with Crippen LogP contribution >= 0.6 is 15.9 Å². The van der Waals surface area contributed by atoms with Crippen LogP contribution in [0.25, 0.3) is 0 Å². The Morgan fingerprint density at radius 3 is 1.83 bits per heavy atom. The summed E-state index contributed by atoms with van der Waals surface area (Å²) in [5, 5.41) is -0.0113. The summed E-state index contributed by atoms with van der Waals surface area (Å²) in [6.07, 6.45) is -1.16. The number of ketones is 1. The molecule has 0 radical (unpaired) electrons. The first-order valence-corrected chi connectivity index (χ1v) is 8.31. The van der Waals surface area contributed by atoms with Crippen LogP contribution in [-0.2, 0) is 14.3 Å². The monoisotopic (exact) mass is 390 g/mol. The minimum atomic E-state index is -1.16. The molecule has 24 heavy (non-hydrogen) atoms. The Morgan fingerprint density at radius 2 is 1.33 bits per heavy atom. The van der Waals surface area contributed by atoms with Crippen molar-refractivity contribution in [3.05, 3.63) is 71.8 Å². The molecule has 0 bridgehead atoms. The van der Waals surface area contributed by atoms with Gasteiger partial charge in [0, 0.05) is 0 Å². The average molecular weight is 391 g/mol. The second kappa shape index (κ2) is 8.98. The first kappa shape index (κ1) is 17.9. The maximum Gasteiger partial charge on any atom is 0.338 e. The lowest BCUT2D eigenvalue weighted by Crippen LogP contribution is -2.33. The number of benzene rings is 2. The second-order valence-corrected chi connectivity index (χ2v) is 5.39. The Balaban J connectivity index is 2.00. The van der Waals surface area contributed by atoms with E-state index < -0.39 is 18.0 Å². The van der Waals surface area contributed by atoms with Gasteiger partial charge >= 0.3 is 11.9 Å². The predicted octanol–water partition coefficient (Wildman–Crippen LogP) is 3.03. The molecule has 0 amide bonds.